The summed E-state index contributed by atoms with van der Waals surface area (Å²) >= 11 is 0. The first-order valence-electron chi connectivity index (χ1n) is 17.8. The Bertz CT molecular complexity index is 1510. The van der Waals surface area contributed by atoms with Gasteiger partial charge in [0.2, 0.25) is 0 Å². The number of hydrogen-bond donors (Lipinski definition) is 0. The molecule has 0 nitrogen and oxygen atoms in total. The summed E-state index contributed by atoms with van der Waals surface area (Å²) in [5.74, 6) is 2.39. The lowest BCUT2D eigenvalue weighted by atomic mass is 9.58. The van der Waals surface area contributed by atoms with Crippen LogP contribution in [0.4, 0.5) is 0 Å². The summed E-state index contributed by atoms with van der Waals surface area (Å²) in [6.07, 6.45) is 14.0. The monoisotopic (exact) mass is 588 g/mol. The number of fused-ring (bicyclic) bond motifs is 3. The maximum atomic E-state index is 2.73. The van der Waals surface area contributed by atoms with E-state index in [9.17, 15) is 0 Å². The maximum Gasteiger partial charge on any atom is 0.0201 e. The highest BCUT2D eigenvalue weighted by Crippen LogP contribution is 2.69. The topological polar surface area (TPSA) is 0 Å². The van der Waals surface area contributed by atoms with Gasteiger partial charge in [0.05, 0.1) is 0 Å². The van der Waals surface area contributed by atoms with Crippen molar-refractivity contribution < 1.29 is 0 Å². The Kier molecular flexibility index (Phi) is 7.43. The SMILES string of the molecule is Cc1cc2c(cc1C(C)(C)C)-c1cc(C(C)(C)C)c(C)cc1C2C1(C(C)C)CC(C2CC=CCC2)C2=C1C=C(C(C)(C)C)C2. The first-order chi connectivity index (χ1) is 20.4. The smallest absolute Gasteiger partial charge is 0.0201 e. The van der Waals surface area contributed by atoms with Gasteiger partial charge >= 0.3 is 0 Å². The van der Waals surface area contributed by atoms with E-state index in [0.717, 1.165) is 5.92 Å². The van der Waals surface area contributed by atoms with Crippen LogP contribution in [0.5, 0.6) is 0 Å². The van der Waals surface area contributed by atoms with E-state index in [2.05, 4.69) is 133 Å². The molecule has 3 unspecified atom stereocenters. The van der Waals surface area contributed by atoms with Gasteiger partial charge in [-0.2, -0.15) is 0 Å². The lowest BCUT2D eigenvalue weighted by molar-refractivity contribution is 0.173. The zero-order chi connectivity index (χ0) is 32.1. The van der Waals surface area contributed by atoms with Crippen molar-refractivity contribution in [1.82, 2.24) is 0 Å². The van der Waals surface area contributed by atoms with Crippen LogP contribution in [0.3, 0.4) is 0 Å². The standard InChI is InChI=1S/C44H60/c1-26(2)44(25-36(29-17-15-14-16-18-29)33-21-30(22-39(33)44)41(5,6)7)40-34-19-27(3)37(42(8,9)10)23-31(34)32-24-38(43(11,12)13)28(4)20-35(32)40/h14-15,19-20,22-24,26,29,36,40H,16-18,21,25H2,1-13H3. The third-order valence-corrected chi connectivity index (χ3v) is 12.3. The highest BCUT2D eigenvalue weighted by Gasteiger charge is 2.57. The average molecular weight is 589 g/mol. The molecule has 0 saturated heterocycles. The van der Waals surface area contributed by atoms with Gasteiger partial charge in [-0.25, -0.2) is 0 Å². The number of rotatable bonds is 3. The van der Waals surface area contributed by atoms with Crippen LogP contribution in [-0.2, 0) is 10.8 Å². The molecule has 0 N–H and O–H groups in total. The zero-order valence-corrected chi connectivity index (χ0v) is 30.4. The molecule has 3 atom stereocenters. The average Bonchev–Trinajstić information content (AvgIpc) is 3.56. The molecule has 0 heteroatoms. The molecule has 0 spiro atoms. The Morgan fingerprint density at radius 2 is 1.27 bits per heavy atom. The highest BCUT2D eigenvalue weighted by atomic mass is 14.6. The molecule has 0 aliphatic heterocycles. The van der Waals surface area contributed by atoms with Crippen LogP contribution in [0.25, 0.3) is 11.1 Å². The summed E-state index contributed by atoms with van der Waals surface area (Å²) in [4.78, 5) is 0. The second-order valence-electron chi connectivity index (χ2n) is 18.5. The van der Waals surface area contributed by atoms with Crippen LogP contribution in [0.2, 0.25) is 0 Å². The second kappa shape index (κ2) is 10.3. The third-order valence-electron chi connectivity index (χ3n) is 12.3. The Morgan fingerprint density at radius 1 is 0.727 bits per heavy atom. The number of hydrogen-bond acceptors (Lipinski definition) is 0. The zero-order valence-electron chi connectivity index (χ0n) is 30.4. The van der Waals surface area contributed by atoms with Gasteiger partial charge in [0.25, 0.3) is 0 Å². The van der Waals surface area contributed by atoms with Gasteiger partial charge in [-0.1, -0.05) is 130 Å². The molecule has 0 aromatic heterocycles. The van der Waals surface area contributed by atoms with Crippen molar-refractivity contribution in [3.63, 3.8) is 0 Å². The van der Waals surface area contributed by atoms with Crippen molar-refractivity contribution in [2.45, 2.75) is 139 Å². The third kappa shape index (κ3) is 4.84. The molecule has 0 heterocycles. The van der Waals surface area contributed by atoms with Crippen molar-refractivity contribution in [2.75, 3.05) is 0 Å². The number of allylic oxidation sites excluding steroid dienone is 6. The minimum Gasteiger partial charge on any atom is -0.0885 e. The molecule has 0 fully saturated rings. The van der Waals surface area contributed by atoms with E-state index < -0.39 is 0 Å². The molecule has 4 aliphatic rings. The molecule has 44 heavy (non-hydrogen) atoms. The molecule has 0 amide bonds. The molecular formula is C44H60. The Morgan fingerprint density at radius 3 is 1.70 bits per heavy atom. The van der Waals surface area contributed by atoms with E-state index in [1.54, 1.807) is 22.3 Å². The van der Waals surface area contributed by atoms with Gasteiger partial charge in [0.1, 0.15) is 0 Å². The molecule has 6 rings (SSSR count). The van der Waals surface area contributed by atoms with Gasteiger partial charge in [0.15, 0.2) is 0 Å². The first-order valence-corrected chi connectivity index (χ1v) is 17.8. The van der Waals surface area contributed by atoms with Crippen molar-refractivity contribution in [3.05, 3.63) is 92.6 Å². The van der Waals surface area contributed by atoms with E-state index in [1.165, 1.54) is 65.5 Å². The minimum atomic E-state index is 0.0968. The summed E-state index contributed by atoms with van der Waals surface area (Å²) in [5.41, 5.74) is 17.8. The fourth-order valence-corrected chi connectivity index (χ4v) is 9.99. The van der Waals surface area contributed by atoms with Gasteiger partial charge < -0.3 is 0 Å². The molecule has 4 aliphatic carbocycles. The van der Waals surface area contributed by atoms with Gasteiger partial charge in [-0.05, 0) is 130 Å². The van der Waals surface area contributed by atoms with E-state index in [1.807, 2.05) is 5.57 Å². The van der Waals surface area contributed by atoms with Crippen molar-refractivity contribution in [1.29, 1.82) is 0 Å². The van der Waals surface area contributed by atoms with Crippen molar-refractivity contribution >= 4 is 0 Å². The predicted molar refractivity (Wildman–Crippen MR) is 192 cm³/mol. The van der Waals surface area contributed by atoms with Crippen molar-refractivity contribution in [3.8, 4) is 11.1 Å². The Hall–Kier alpha value is -2.34. The fourth-order valence-electron chi connectivity index (χ4n) is 9.99. The van der Waals surface area contributed by atoms with Crippen LogP contribution < -0.4 is 0 Å². The quantitative estimate of drug-likeness (QED) is 0.313. The maximum absolute atomic E-state index is 2.73. The van der Waals surface area contributed by atoms with Gasteiger partial charge in [-0.3, -0.25) is 0 Å². The van der Waals surface area contributed by atoms with E-state index in [4.69, 9.17) is 0 Å². The molecule has 236 valence electrons. The minimum absolute atomic E-state index is 0.0968. The Balaban J connectivity index is 1.65. The van der Waals surface area contributed by atoms with E-state index in [0.29, 0.717) is 17.8 Å². The van der Waals surface area contributed by atoms with Crippen LogP contribution in [0.15, 0.2) is 59.2 Å². The summed E-state index contributed by atoms with van der Waals surface area (Å²) in [6.45, 7) is 31.5. The van der Waals surface area contributed by atoms with Gasteiger partial charge in [-0.15, -0.1) is 0 Å². The van der Waals surface area contributed by atoms with Crippen LogP contribution in [0.1, 0.15) is 148 Å². The number of aryl methyl sites for hydroxylation is 2. The Labute approximate surface area is 270 Å². The number of benzene rings is 2. The molecular weight excluding hydrogens is 528 g/mol. The van der Waals surface area contributed by atoms with Crippen molar-refractivity contribution in [2.24, 2.45) is 28.6 Å². The summed E-state index contributed by atoms with van der Waals surface area (Å²) in [6, 6.07) is 10.5. The molecule has 0 bridgehead atoms. The summed E-state index contributed by atoms with van der Waals surface area (Å²) < 4.78 is 0. The van der Waals surface area contributed by atoms with Crippen LogP contribution in [-0.4, -0.2) is 0 Å². The fraction of sp³-hybridized carbons (Fsp3) is 0.591. The summed E-state index contributed by atoms with van der Waals surface area (Å²) in [7, 11) is 0. The molecule has 2 aromatic carbocycles. The second-order valence-corrected chi connectivity index (χ2v) is 18.5. The first kappa shape index (κ1) is 31.6. The van der Waals surface area contributed by atoms with E-state index >= 15 is 0 Å². The highest BCUT2D eigenvalue weighted by molar-refractivity contribution is 5.83. The van der Waals surface area contributed by atoms with Crippen LogP contribution in [0, 0.1) is 42.4 Å². The lowest BCUT2D eigenvalue weighted by Crippen LogP contribution is -2.35. The van der Waals surface area contributed by atoms with Gasteiger partial charge in [0, 0.05) is 11.3 Å². The normalized spacial score (nSPS) is 25.5. The lowest BCUT2D eigenvalue weighted by Gasteiger charge is -2.44. The molecule has 0 radical (unpaired) electrons. The van der Waals surface area contributed by atoms with Crippen LogP contribution >= 0.6 is 0 Å². The predicted octanol–water partition coefficient (Wildman–Crippen LogP) is 12.7. The largest absolute Gasteiger partial charge is 0.0885 e. The summed E-state index contributed by atoms with van der Waals surface area (Å²) in [5, 5.41) is 0. The van der Waals surface area contributed by atoms with E-state index in [-0.39, 0.29) is 21.7 Å². The molecule has 0 saturated carbocycles. The molecule has 2 aromatic rings.